The van der Waals surface area contributed by atoms with Crippen molar-refractivity contribution in [3.05, 3.63) is 18.2 Å². The molecule has 90 valence electrons. The molecular formula is C12H16N4O. The number of carbonyl (C=O) groups excluding carboxylic acids is 1. The van der Waals surface area contributed by atoms with Gasteiger partial charge in [0.25, 0.3) is 0 Å². The number of rotatable bonds is 4. The van der Waals surface area contributed by atoms with Crippen molar-refractivity contribution in [1.82, 2.24) is 14.5 Å². The van der Waals surface area contributed by atoms with Crippen LogP contribution in [-0.4, -0.2) is 33.4 Å². The van der Waals surface area contributed by atoms with Crippen LogP contribution in [0.25, 0.3) is 0 Å². The molecule has 1 fully saturated rings. The number of imidazole rings is 1. The van der Waals surface area contributed by atoms with E-state index in [1.54, 1.807) is 11.1 Å². The van der Waals surface area contributed by atoms with E-state index in [0.717, 1.165) is 12.2 Å². The molecule has 0 N–H and O–H groups in total. The molecule has 2 heterocycles. The van der Waals surface area contributed by atoms with Gasteiger partial charge in [0, 0.05) is 44.9 Å². The van der Waals surface area contributed by atoms with Gasteiger partial charge in [0.15, 0.2) is 0 Å². The third-order valence-corrected chi connectivity index (χ3v) is 3.10. The van der Waals surface area contributed by atoms with E-state index in [1.165, 1.54) is 0 Å². The third-order valence-electron chi connectivity index (χ3n) is 3.10. The lowest BCUT2D eigenvalue weighted by Gasteiger charge is -2.35. The van der Waals surface area contributed by atoms with Gasteiger partial charge in [-0.3, -0.25) is 4.79 Å². The average Bonchev–Trinajstić information content (AvgIpc) is 2.72. The van der Waals surface area contributed by atoms with Gasteiger partial charge in [0.1, 0.15) is 5.82 Å². The van der Waals surface area contributed by atoms with Crippen LogP contribution in [0.2, 0.25) is 0 Å². The highest BCUT2D eigenvalue weighted by Crippen LogP contribution is 2.15. The van der Waals surface area contributed by atoms with Gasteiger partial charge in [-0.05, 0) is 0 Å². The molecule has 17 heavy (non-hydrogen) atoms. The van der Waals surface area contributed by atoms with Gasteiger partial charge in [0.05, 0.1) is 12.0 Å². The Bertz CT molecular complexity index is 440. The summed E-state index contributed by atoms with van der Waals surface area (Å²) in [5, 5.41) is 8.63. The molecule has 0 radical (unpaired) electrons. The van der Waals surface area contributed by atoms with Gasteiger partial charge < -0.3 is 9.47 Å². The zero-order chi connectivity index (χ0) is 12.3. The molecular weight excluding hydrogens is 216 g/mol. The Morgan fingerprint density at radius 1 is 1.65 bits per heavy atom. The van der Waals surface area contributed by atoms with Crippen LogP contribution in [0.4, 0.5) is 0 Å². The summed E-state index contributed by atoms with van der Waals surface area (Å²) in [5.74, 6) is 1.18. The van der Waals surface area contributed by atoms with Gasteiger partial charge >= 0.3 is 0 Å². The largest absolute Gasteiger partial charge is 0.340 e. The quantitative estimate of drug-likeness (QED) is 0.772. The van der Waals surface area contributed by atoms with E-state index >= 15 is 0 Å². The fraction of sp³-hybridized carbons (Fsp3) is 0.583. The van der Waals surface area contributed by atoms with Gasteiger partial charge in [-0.1, -0.05) is 6.92 Å². The molecule has 1 aliphatic heterocycles. The zero-order valence-electron chi connectivity index (χ0n) is 9.96. The van der Waals surface area contributed by atoms with Gasteiger partial charge in [-0.2, -0.15) is 5.26 Å². The van der Waals surface area contributed by atoms with Crippen molar-refractivity contribution in [2.24, 2.45) is 5.92 Å². The molecule has 0 aromatic carbocycles. The topological polar surface area (TPSA) is 61.9 Å². The Balaban J connectivity index is 1.79. The molecule has 1 aliphatic rings. The predicted molar refractivity (Wildman–Crippen MR) is 61.9 cm³/mol. The number of carbonyl (C=O) groups is 1. The number of nitriles is 1. The molecule has 0 aliphatic carbocycles. The summed E-state index contributed by atoms with van der Waals surface area (Å²) in [5.41, 5.74) is 0. The second kappa shape index (κ2) is 5.00. The molecule has 1 amide bonds. The third kappa shape index (κ3) is 2.47. The van der Waals surface area contributed by atoms with Crippen LogP contribution >= 0.6 is 0 Å². The zero-order valence-corrected chi connectivity index (χ0v) is 9.96. The molecule has 5 heteroatoms. The standard InChI is InChI=1S/C12H16N4O/c1-2-11-14-4-6-15(11)5-3-12(17)16-8-10(7-13)9-16/h4,6,10H,2-3,5,8-9H2,1H3. The fourth-order valence-corrected chi connectivity index (χ4v) is 2.00. The lowest BCUT2D eigenvalue weighted by molar-refractivity contribution is -0.136. The minimum atomic E-state index is 0.0402. The first-order chi connectivity index (χ1) is 8.24. The van der Waals surface area contributed by atoms with Crippen LogP contribution in [0.3, 0.4) is 0 Å². The second-order valence-electron chi connectivity index (χ2n) is 4.27. The minimum Gasteiger partial charge on any atom is -0.340 e. The van der Waals surface area contributed by atoms with E-state index in [2.05, 4.69) is 11.1 Å². The molecule has 1 aromatic rings. The van der Waals surface area contributed by atoms with Crippen molar-refractivity contribution in [2.75, 3.05) is 13.1 Å². The Kier molecular flexibility index (Phi) is 3.43. The molecule has 0 saturated carbocycles. The summed E-state index contributed by atoms with van der Waals surface area (Å²) in [6.07, 6.45) is 5.03. The van der Waals surface area contributed by atoms with Gasteiger partial charge in [-0.15, -0.1) is 0 Å². The van der Waals surface area contributed by atoms with E-state index < -0.39 is 0 Å². The van der Waals surface area contributed by atoms with Crippen molar-refractivity contribution >= 4 is 5.91 Å². The number of likely N-dealkylation sites (tertiary alicyclic amines) is 1. The summed E-state index contributed by atoms with van der Waals surface area (Å²) in [4.78, 5) is 17.7. The molecule has 2 rings (SSSR count). The van der Waals surface area contributed by atoms with E-state index in [9.17, 15) is 4.79 Å². The van der Waals surface area contributed by atoms with Gasteiger partial charge in [-0.25, -0.2) is 4.98 Å². The van der Waals surface area contributed by atoms with E-state index in [4.69, 9.17) is 5.26 Å². The number of amides is 1. The average molecular weight is 232 g/mol. The second-order valence-corrected chi connectivity index (χ2v) is 4.27. The Morgan fingerprint density at radius 3 is 3.06 bits per heavy atom. The van der Waals surface area contributed by atoms with Crippen molar-refractivity contribution in [3.8, 4) is 6.07 Å². The monoisotopic (exact) mass is 232 g/mol. The molecule has 0 bridgehead atoms. The number of aromatic nitrogens is 2. The minimum absolute atomic E-state index is 0.0402. The first kappa shape index (κ1) is 11.6. The molecule has 0 atom stereocenters. The summed E-state index contributed by atoms with van der Waals surface area (Å²) < 4.78 is 2.01. The highest BCUT2D eigenvalue weighted by atomic mass is 16.2. The summed E-state index contributed by atoms with van der Waals surface area (Å²) in [7, 11) is 0. The lowest BCUT2D eigenvalue weighted by Crippen LogP contribution is -2.49. The maximum absolute atomic E-state index is 11.8. The Hall–Kier alpha value is -1.83. The summed E-state index contributed by atoms with van der Waals surface area (Å²) in [6.45, 7) is 3.92. The van der Waals surface area contributed by atoms with Gasteiger partial charge in [0.2, 0.25) is 5.91 Å². The first-order valence-corrected chi connectivity index (χ1v) is 5.92. The number of nitrogens with zero attached hydrogens (tertiary/aromatic N) is 4. The maximum atomic E-state index is 11.8. The SMILES string of the molecule is CCc1nccn1CCC(=O)N1CC(C#N)C1. The number of hydrogen-bond donors (Lipinski definition) is 0. The predicted octanol–water partition coefficient (Wildman–Crippen LogP) is 0.818. The summed E-state index contributed by atoms with van der Waals surface area (Å²) in [6, 6.07) is 2.17. The molecule has 1 saturated heterocycles. The van der Waals surface area contributed by atoms with Crippen LogP contribution in [0.5, 0.6) is 0 Å². The van der Waals surface area contributed by atoms with E-state index in [0.29, 0.717) is 26.1 Å². The molecule has 5 nitrogen and oxygen atoms in total. The molecule has 1 aromatic heterocycles. The van der Waals surface area contributed by atoms with Crippen LogP contribution < -0.4 is 0 Å². The molecule has 0 spiro atoms. The number of hydrogen-bond acceptors (Lipinski definition) is 3. The molecule has 0 unspecified atom stereocenters. The van der Waals surface area contributed by atoms with E-state index in [-0.39, 0.29) is 11.8 Å². The first-order valence-electron chi connectivity index (χ1n) is 5.92. The van der Waals surface area contributed by atoms with Crippen molar-refractivity contribution in [1.29, 1.82) is 5.26 Å². The maximum Gasteiger partial charge on any atom is 0.224 e. The fourth-order valence-electron chi connectivity index (χ4n) is 2.00. The highest BCUT2D eigenvalue weighted by Gasteiger charge is 2.29. The van der Waals surface area contributed by atoms with Crippen molar-refractivity contribution in [2.45, 2.75) is 26.3 Å². The van der Waals surface area contributed by atoms with Crippen LogP contribution in [0.15, 0.2) is 12.4 Å². The van der Waals surface area contributed by atoms with Crippen LogP contribution in [-0.2, 0) is 17.8 Å². The van der Waals surface area contributed by atoms with E-state index in [1.807, 2.05) is 17.7 Å². The van der Waals surface area contributed by atoms with Crippen LogP contribution in [0.1, 0.15) is 19.2 Å². The normalized spacial score (nSPS) is 15.4. The lowest BCUT2D eigenvalue weighted by atomic mass is 10.0. The number of aryl methyl sites for hydroxylation is 2. The summed E-state index contributed by atoms with van der Waals surface area (Å²) >= 11 is 0. The smallest absolute Gasteiger partial charge is 0.224 e. The highest BCUT2D eigenvalue weighted by molar-refractivity contribution is 5.77. The van der Waals surface area contributed by atoms with Crippen LogP contribution in [0, 0.1) is 17.2 Å². The Labute approximate surface area is 101 Å². The van der Waals surface area contributed by atoms with Crippen molar-refractivity contribution < 1.29 is 4.79 Å². The van der Waals surface area contributed by atoms with Crippen molar-refractivity contribution in [3.63, 3.8) is 0 Å². The Morgan fingerprint density at radius 2 is 2.41 bits per heavy atom.